The van der Waals surface area contributed by atoms with Crippen molar-refractivity contribution in [2.45, 2.75) is 39.2 Å². The predicted octanol–water partition coefficient (Wildman–Crippen LogP) is 2.92. The Labute approximate surface area is 89.8 Å². The number of anilines is 1. The highest BCUT2D eigenvalue weighted by Gasteiger charge is 2.06. The highest BCUT2D eigenvalue weighted by molar-refractivity contribution is 7.13. The Morgan fingerprint density at radius 1 is 1.64 bits per heavy atom. The Balaban J connectivity index is 2.54. The third kappa shape index (κ3) is 3.04. The highest BCUT2D eigenvalue weighted by atomic mass is 32.1. The van der Waals surface area contributed by atoms with E-state index in [9.17, 15) is 0 Å². The molecule has 1 heterocycles. The van der Waals surface area contributed by atoms with Crippen LogP contribution in [0, 0.1) is 12.3 Å². The molecule has 1 rings (SSSR count). The number of hydrogen-bond acceptors (Lipinski definition) is 3. The van der Waals surface area contributed by atoms with Crippen molar-refractivity contribution in [1.29, 1.82) is 0 Å². The molecule has 0 amide bonds. The van der Waals surface area contributed by atoms with E-state index in [0.29, 0.717) is 0 Å². The molecule has 0 aliphatic heterocycles. The first kappa shape index (κ1) is 11.1. The number of thiazole rings is 1. The second kappa shape index (κ2) is 5.66. The van der Waals surface area contributed by atoms with Crippen LogP contribution in [-0.4, -0.2) is 11.0 Å². The second-order valence-corrected chi connectivity index (χ2v) is 4.01. The summed E-state index contributed by atoms with van der Waals surface area (Å²) in [4.78, 5) is 4.41. The summed E-state index contributed by atoms with van der Waals surface area (Å²) >= 11 is 1.63. The average molecular weight is 208 g/mol. The fourth-order valence-corrected chi connectivity index (χ4v) is 2.02. The smallest absolute Gasteiger partial charge is 0.183 e. The van der Waals surface area contributed by atoms with Crippen molar-refractivity contribution in [3.8, 4) is 12.3 Å². The summed E-state index contributed by atoms with van der Waals surface area (Å²) in [5.41, 5.74) is 1.13. The van der Waals surface area contributed by atoms with Crippen LogP contribution in [-0.2, 0) is 6.42 Å². The molecule has 0 saturated carbocycles. The van der Waals surface area contributed by atoms with Gasteiger partial charge in [-0.1, -0.05) is 26.2 Å². The minimum Gasteiger partial charge on any atom is -0.348 e. The van der Waals surface area contributed by atoms with Crippen LogP contribution in [0.15, 0.2) is 5.38 Å². The number of nitrogens with zero attached hydrogens (tertiary/aromatic N) is 1. The Bertz CT molecular complexity index is 311. The van der Waals surface area contributed by atoms with Crippen LogP contribution in [0.5, 0.6) is 0 Å². The summed E-state index contributed by atoms with van der Waals surface area (Å²) in [5, 5.41) is 6.27. The molecule has 1 aromatic heterocycles. The lowest BCUT2D eigenvalue weighted by Gasteiger charge is -2.09. The van der Waals surface area contributed by atoms with Crippen molar-refractivity contribution in [2.24, 2.45) is 0 Å². The zero-order chi connectivity index (χ0) is 10.4. The quantitative estimate of drug-likeness (QED) is 0.753. The van der Waals surface area contributed by atoms with Crippen molar-refractivity contribution in [2.75, 3.05) is 5.32 Å². The van der Waals surface area contributed by atoms with Gasteiger partial charge in [0.25, 0.3) is 0 Å². The summed E-state index contributed by atoms with van der Waals surface area (Å²) in [6, 6.07) is 0.121. The normalized spacial score (nSPS) is 12.1. The zero-order valence-corrected chi connectivity index (χ0v) is 9.53. The minimum absolute atomic E-state index is 0.121. The SMILES string of the molecule is C#CC(CCC)Nc1nc(CC)cs1. The van der Waals surface area contributed by atoms with Crippen LogP contribution in [0.4, 0.5) is 5.13 Å². The van der Waals surface area contributed by atoms with Gasteiger partial charge in [0.1, 0.15) is 0 Å². The van der Waals surface area contributed by atoms with Crippen LogP contribution >= 0.6 is 11.3 Å². The Hall–Kier alpha value is -1.01. The Kier molecular flexibility index (Phi) is 4.48. The molecule has 76 valence electrons. The van der Waals surface area contributed by atoms with Gasteiger partial charge in [-0.05, 0) is 12.8 Å². The molecule has 0 aromatic carbocycles. The molecule has 0 aliphatic rings. The first-order chi connectivity index (χ1) is 6.80. The van der Waals surface area contributed by atoms with E-state index in [-0.39, 0.29) is 6.04 Å². The van der Waals surface area contributed by atoms with Crippen LogP contribution in [0.1, 0.15) is 32.4 Å². The molecule has 1 atom stereocenters. The third-order valence-corrected chi connectivity index (χ3v) is 2.81. The number of terminal acetylenes is 1. The lowest BCUT2D eigenvalue weighted by molar-refractivity contribution is 0.754. The fourth-order valence-electron chi connectivity index (χ4n) is 1.17. The van der Waals surface area contributed by atoms with Crippen molar-refractivity contribution in [1.82, 2.24) is 4.98 Å². The van der Waals surface area contributed by atoms with Crippen molar-refractivity contribution >= 4 is 16.5 Å². The summed E-state index contributed by atoms with van der Waals surface area (Å²) in [6.45, 7) is 4.23. The average Bonchev–Trinajstić information content (AvgIpc) is 2.65. The van der Waals surface area contributed by atoms with Gasteiger partial charge >= 0.3 is 0 Å². The molecule has 0 fully saturated rings. The molecule has 0 bridgehead atoms. The lowest BCUT2D eigenvalue weighted by atomic mass is 10.2. The second-order valence-electron chi connectivity index (χ2n) is 3.15. The summed E-state index contributed by atoms with van der Waals surface area (Å²) in [7, 11) is 0. The fraction of sp³-hybridized carbons (Fsp3) is 0.545. The van der Waals surface area contributed by atoms with Gasteiger partial charge in [0.05, 0.1) is 11.7 Å². The maximum absolute atomic E-state index is 5.41. The van der Waals surface area contributed by atoms with E-state index in [2.05, 4.69) is 35.4 Å². The molecule has 2 nitrogen and oxygen atoms in total. The van der Waals surface area contributed by atoms with Crippen LogP contribution in [0.3, 0.4) is 0 Å². The number of rotatable bonds is 5. The van der Waals surface area contributed by atoms with Gasteiger partial charge < -0.3 is 5.32 Å². The van der Waals surface area contributed by atoms with E-state index >= 15 is 0 Å². The van der Waals surface area contributed by atoms with Gasteiger partial charge in [0, 0.05) is 5.38 Å². The van der Waals surface area contributed by atoms with Crippen LogP contribution in [0.25, 0.3) is 0 Å². The topological polar surface area (TPSA) is 24.9 Å². The Morgan fingerprint density at radius 2 is 2.43 bits per heavy atom. The largest absolute Gasteiger partial charge is 0.348 e. The van der Waals surface area contributed by atoms with Crippen molar-refractivity contribution in [3.05, 3.63) is 11.1 Å². The molecule has 0 saturated heterocycles. The molecule has 0 aliphatic carbocycles. The minimum atomic E-state index is 0.121. The first-order valence-corrected chi connectivity index (χ1v) is 5.85. The first-order valence-electron chi connectivity index (χ1n) is 4.97. The highest BCUT2D eigenvalue weighted by Crippen LogP contribution is 2.17. The van der Waals surface area contributed by atoms with Crippen LogP contribution < -0.4 is 5.32 Å². The van der Waals surface area contributed by atoms with Gasteiger partial charge in [-0.2, -0.15) is 0 Å². The van der Waals surface area contributed by atoms with E-state index in [4.69, 9.17) is 6.42 Å². The zero-order valence-electron chi connectivity index (χ0n) is 8.71. The molecular weight excluding hydrogens is 192 g/mol. The number of hydrogen-bond donors (Lipinski definition) is 1. The molecule has 3 heteroatoms. The van der Waals surface area contributed by atoms with Crippen molar-refractivity contribution in [3.63, 3.8) is 0 Å². The number of aromatic nitrogens is 1. The summed E-state index contributed by atoms with van der Waals surface area (Å²) in [5.74, 6) is 2.73. The van der Waals surface area contributed by atoms with E-state index in [0.717, 1.165) is 30.1 Å². The molecule has 0 spiro atoms. The monoisotopic (exact) mass is 208 g/mol. The van der Waals surface area contributed by atoms with Gasteiger partial charge in [-0.3, -0.25) is 0 Å². The maximum Gasteiger partial charge on any atom is 0.183 e. The molecule has 1 unspecified atom stereocenters. The van der Waals surface area contributed by atoms with Gasteiger partial charge in [0.15, 0.2) is 5.13 Å². The molecule has 1 N–H and O–H groups in total. The number of nitrogens with one attached hydrogen (secondary N) is 1. The van der Waals surface area contributed by atoms with E-state index < -0.39 is 0 Å². The predicted molar refractivity (Wildman–Crippen MR) is 62.6 cm³/mol. The van der Waals surface area contributed by atoms with E-state index in [1.807, 2.05) is 0 Å². The van der Waals surface area contributed by atoms with Gasteiger partial charge in [-0.25, -0.2) is 4.98 Å². The Morgan fingerprint density at radius 3 is 2.93 bits per heavy atom. The summed E-state index contributed by atoms with van der Waals surface area (Å²) in [6.07, 6.45) is 8.48. The molecule has 14 heavy (non-hydrogen) atoms. The van der Waals surface area contributed by atoms with Crippen molar-refractivity contribution < 1.29 is 0 Å². The van der Waals surface area contributed by atoms with E-state index in [1.54, 1.807) is 11.3 Å². The number of aryl methyl sites for hydroxylation is 1. The van der Waals surface area contributed by atoms with Crippen LogP contribution in [0.2, 0.25) is 0 Å². The van der Waals surface area contributed by atoms with Gasteiger partial charge in [0.2, 0.25) is 0 Å². The molecular formula is C11H16N2S. The standard InChI is InChI=1S/C11H16N2S/c1-4-7-9(5-2)12-11-13-10(6-3)8-14-11/h2,8-9H,4,6-7H2,1,3H3,(H,12,13). The van der Waals surface area contributed by atoms with Gasteiger partial charge in [-0.15, -0.1) is 17.8 Å². The molecule has 1 aromatic rings. The summed E-state index contributed by atoms with van der Waals surface area (Å²) < 4.78 is 0. The van der Waals surface area contributed by atoms with E-state index in [1.165, 1.54) is 0 Å². The third-order valence-electron chi connectivity index (χ3n) is 1.99. The lowest BCUT2D eigenvalue weighted by Crippen LogP contribution is -2.16. The maximum atomic E-state index is 5.41. The molecule has 0 radical (unpaired) electrons.